The van der Waals surface area contributed by atoms with Crippen LogP contribution in [-0.4, -0.2) is 42.9 Å². The second kappa shape index (κ2) is 5.99. The van der Waals surface area contributed by atoms with Crippen molar-refractivity contribution in [3.63, 3.8) is 0 Å². The van der Waals surface area contributed by atoms with Crippen LogP contribution in [0.1, 0.15) is 21.0 Å². The van der Waals surface area contributed by atoms with Crippen LogP contribution in [0.2, 0.25) is 0 Å². The van der Waals surface area contributed by atoms with Gasteiger partial charge in [-0.2, -0.15) is 5.10 Å². The number of imidazole rings is 1. The minimum atomic E-state index is -1.10. The van der Waals surface area contributed by atoms with Crippen molar-refractivity contribution in [2.24, 2.45) is 7.05 Å². The minimum absolute atomic E-state index is 0.0546. The number of nitrogens with one attached hydrogen (secondary N) is 1. The number of rotatable bonds is 5. The zero-order chi connectivity index (χ0) is 15.4. The molecule has 9 nitrogen and oxygen atoms in total. The molecule has 0 aromatic carbocycles. The number of carboxylic acids is 1. The fourth-order valence-corrected chi connectivity index (χ4v) is 1.61. The van der Waals surface area contributed by atoms with Gasteiger partial charge in [-0.1, -0.05) is 0 Å². The van der Waals surface area contributed by atoms with Crippen molar-refractivity contribution in [2.75, 3.05) is 6.54 Å². The fraction of sp³-hybridized carbons (Fsp3) is 0.250. The van der Waals surface area contributed by atoms with Crippen molar-refractivity contribution in [2.45, 2.75) is 6.54 Å². The van der Waals surface area contributed by atoms with Gasteiger partial charge >= 0.3 is 5.97 Å². The molecule has 0 saturated carbocycles. The molecule has 110 valence electrons. The van der Waals surface area contributed by atoms with Crippen LogP contribution < -0.4 is 10.9 Å². The highest BCUT2D eigenvalue weighted by molar-refractivity contribution is 5.91. The van der Waals surface area contributed by atoms with Crippen LogP contribution in [0.25, 0.3) is 0 Å². The first-order chi connectivity index (χ1) is 9.97. The SMILES string of the molecule is Cn1nc(C(=O)NCCn2cnc(C(=O)O)c2)ccc1=O. The summed E-state index contributed by atoms with van der Waals surface area (Å²) in [5.41, 5.74) is -0.221. The molecule has 0 aliphatic heterocycles. The van der Waals surface area contributed by atoms with Crippen LogP contribution >= 0.6 is 0 Å². The number of aromatic carboxylic acids is 1. The van der Waals surface area contributed by atoms with E-state index in [4.69, 9.17) is 5.11 Å². The Bertz CT molecular complexity index is 733. The molecule has 0 bridgehead atoms. The summed E-state index contributed by atoms with van der Waals surface area (Å²) < 4.78 is 2.63. The standard InChI is InChI=1S/C12H13N5O4/c1-16-10(18)3-2-8(15-16)11(19)13-4-5-17-6-9(12(20)21)14-7-17/h2-3,6-7H,4-5H2,1H3,(H,13,19)(H,20,21). The maximum atomic E-state index is 11.8. The summed E-state index contributed by atoms with van der Waals surface area (Å²) >= 11 is 0. The zero-order valence-corrected chi connectivity index (χ0v) is 11.2. The van der Waals surface area contributed by atoms with Gasteiger partial charge in [0.05, 0.1) is 6.33 Å². The summed E-state index contributed by atoms with van der Waals surface area (Å²) in [6.07, 6.45) is 2.75. The lowest BCUT2D eigenvalue weighted by molar-refractivity contribution is 0.0690. The van der Waals surface area contributed by atoms with Gasteiger partial charge in [0.1, 0.15) is 5.69 Å². The molecule has 0 aliphatic carbocycles. The van der Waals surface area contributed by atoms with Crippen molar-refractivity contribution >= 4 is 11.9 Å². The number of carboxylic acid groups (broad SMARTS) is 1. The summed E-state index contributed by atoms with van der Waals surface area (Å²) in [6.45, 7) is 0.649. The molecule has 0 aliphatic rings. The Balaban J connectivity index is 1.90. The van der Waals surface area contributed by atoms with Gasteiger partial charge in [-0.15, -0.1) is 0 Å². The van der Waals surface area contributed by atoms with Crippen LogP contribution in [0.15, 0.2) is 29.5 Å². The molecule has 0 saturated heterocycles. The molecular weight excluding hydrogens is 278 g/mol. The largest absolute Gasteiger partial charge is 0.476 e. The maximum Gasteiger partial charge on any atom is 0.356 e. The first kappa shape index (κ1) is 14.4. The summed E-state index contributed by atoms with van der Waals surface area (Å²) in [5.74, 6) is -1.52. The molecule has 2 N–H and O–H groups in total. The van der Waals surface area contributed by atoms with E-state index in [0.717, 1.165) is 4.68 Å². The average Bonchev–Trinajstić information content (AvgIpc) is 2.91. The molecule has 0 fully saturated rings. The van der Waals surface area contributed by atoms with Gasteiger partial charge in [0.15, 0.2) is 5.69 Å². The quantitative estimate of drug-likeness (QED) is 0.737. The molecule has 0 atom stereocenters. The van der Waals surface area contributed by atoms with Gasteiger partial charge in [-0.3, -0.25) is 9.59 Å². The predicted molar refractivity (Wildman–Crippen MR) is 71.0 cm³/mol. The van der Waals surface area contributed by atoms with Crippen LogP contribution in [0.5, 0.6) is 0 Å². The first-order valence-corrected chi connectivity index (χ1v) is 6.05. The minimum Gasteiger partial charge on any atom is -0.476 e. The van der Waals surface area contributed by atoms with E-state index < -0.39 is 11.9 Å². The smallest absolute Gasteiger partial charge is 0.356 e. The molecule has 21 heavy (non-hydrogen) atoms. The summed E-state index contributed by atoms with van der Waals surface area (Å²) in [5, 5.41) is 15.2. The maximum absolute atomic E-state index is 11.8. The molecule has 0 radical (unpaired) electrons. The van der Waals surface area contributed by atoms with Crippen LogP contribution in [-0.2, 0) is 13.6 Å². The molecule has 0 spiro atoms. The van der Waals surface area contributed by atoms with Crippen LogP contribution in [0, 0.1) is 0 Å². The molecule has 0 unspecified atom stereocenters. The van der Waals surface area contributed by atoms with E-state index in [0.29, 0.717) is 6.54 Å². The zero-order valence-electron chi connectivity index (χ0n) is 11.2. The molecule has 2 aromatic heterocycles. The predicted octanol–water partition coefficient (Wildman–Crippen LogP) is -0.895. The van der Waals surface area contributed by atoms with Gasteiger partial charge < -0.3 is 15.0 Å². The number of nitrogens with zero attached hydrogens (tertiary/aromatic N) is 4. The first-order valence-electron chi connectivity index (χ1n) is 6.05. The van der Waals surface area contributed by atoms with Crippen molar-refractivity contribution in [1.82, 2.24) is 24.6 Å². The lowest BCUT2D eigenvalue weighted by Crippen LogP contribution is -2.30. The molecule has 2 heterocycles. The Morgan fingerprint density at radius 2 is 2.10 bits per heavy atom. The normalized spacial score (nSPS) is 10.3. The highest BCUT2D eigenvalue weighted by Gasteiger charge is 2.09. The number of hydrogen-bond acceptors (Lipinski definition) is 5. The Labute approximate surface area is 118 Å². The summed E-state index contributed by atoms with van der Waals surface area (Å²) in [4.78, 5) is 37.3. The van der Waals surface area contributed by atoms with Crippen LogP contribution in [0.3, 0.4) is 0 Å². The topological polar surface area (TPSA) is 119 Å². The Morgan fingerprint density at radius 3 is 2.71 bits per heavy atom. The van der Waals surface area contributed by atoms with Crippen molar-refractivity contribution in [3.8, 4) is 0 Å². The highest BCUT2D eigenvalue weighted by atomic mass is 16.4. The second-order valence-corrected chi connectivity index (χ2v) is 4.24. The third-order valence-electron chi connectivity index (χ3n) is 2.70. The van der Waals surface area contributed by atoms with E-state index in [1.165, 1.54) is 31.7 Å². The van der Waals surface area contributed by atoms with E-state index in [1.807, 2.05) is 0 Å². The molecule has 1 amide bonds. The van der Waals surface area contributed by atoms with Gasteiger partial charge in [0, 0.05) is 32.4 Å². The van der Waals surface area contributed by atoms with Crippen LogP contribution in [0.4, 0.5) is 0 Å². The molecule has 9 heteroatoms. The lowest BCUT2D eigenvalue weighted by atomic mass is 10.3. The van der Waals surface area contributed by atoms with E-state index in [1.54, 1.807) is 4.57 Å². The molecule has 2 aromatic rings. The van der Waals surface area contributed by atoms with E-state index in [2.05, 4.69) is 15.4 Å². The van der Waals surface area contributed by atoms with Gasteiger partial charge in [0.2, 0.25) is 0 Å². The van der Waals surface area contributed by atoms with Gasteiger partial charge in [0.25, 0.3) is 11.5 Å². The third kappa shape index (κ3) is 3.53. The number of amides is 1. The number of carbonyl (C=O) groups excluding carboxylic acids is 1. The third-order valence-corrected chi connectivity index (χ3v) is 2.70. The monoisotopic (exact) mass is 291 g/mol. The number of hydrogen-bond donors (Lipinski definition) is 2. The number of aryl methyl sites for hydroxylation is 1. The molecular formula is C12H13N5O4. The Kier molecular flexibility index (Phi) is 4.12. The average molecular weight is 291 g/mol. The fourth-order valence-electron chi connectivity index (χ4n) is 1.61. The number of carbonyl (C=O) groups is 2. The van der Waals surface area contributed by atoms with Crippen molar-refractivity contribution in [3.05, 3.63) is 46.4 Å². The lowest BCUT2D eigenvalue weighted by Gasteiger charge is -2.05. The summed E-state index contributed by atoms with van der Waals surface area (Å²) in [7, 11) is 1.46. The highest BCUT2D eigenvalue weighted by Crippen LogP contribution is 1.96. The summed E-state index contributed by atoms with van der Waals surface area (Å²) in [6, 6.07) is 2.61. The van der Waals surface area contributed by atoms with E-state index >= 15 is 0 Å². The van der Waals surface area contributed by atoms with E-state index in [-0.39, 0.29) is 23.5 Å². The van der Waals surface area contributed by atoms with E-state index in [9.17, 15) is 14.4 Å². The van der Waals surface area contributed by atoms with Crippen molar-refractivity contribution in [1.29, 1.82) is 0 Å². The second-order valence-electron chi connectivity index (χ2n) is 4.24. The Hall–Kier alpha value is -2.97. The Morgan fingerprint density at radius 1 is 1.33 bits per heavy atom. The van der Waals surface area contributed by atoms with Gasteiger partial charge in [-0.25, -0.2) is 14.5 Å². The van der Waals surface area contributed by atoms with Gasteiger partial charge in [-0.05, 0) is 6.07 Å². The van der Waals surface area contributed by atoms with Crippen molar-refractivity contribution < 1.29 is 14.7 Å². The number of aromatic nitrogens is 4. The molecule has 2 rings (SSSR count).